The van der Waals surface area contributed by atoms with Crippen molar-refractivity contribution in [3.63, 3.8) is 0 Å². The Morgan fingerprint density at radius 3 is 2.55 bits per heavy atom. The number of anilines is 1. The number of nitrogens with zero attached hydrogens (tertiary/aromatic N) is 2. The lowest BCUT2D eigenvalue weighted by Gasteiger charge is -2.07. The van der Waals surface area contributed by atoms with E-state index in [1.165, 1.54) is 29.1 Å². The predicted molar refractivity (Wildman–Crippen MR) is 75.7 cm³/mol. The quantitative estimate of drug-likeness (QED) is 0.873. The van der Waals surface area contributed by atoms with Gasteiger partial charge in [-0.15, -0.1) is 0 Å². The van der Waals surface area contributed by atoms with Crippen LogP contribution in [0.25, 0.3) is 0 Å². The van der Waals surface area contributed by atoms with E-state index in [-0.39, 0.29) is 15.8 Å². The van der Waals surface area contributed by atoms with Gasteiger partial charge in [-0.2, -0.15) is 5.10 Å². The van der Waals surface area contributed by atoms with Crippen LogP contribution in [-0.2, 0) is 16.1 Å². The number of amides is 1. The van der Waals surface area contributed by atoms with Crippen LogP contribution in [-0.4, -0.2) is 24.1 Å². The summed E-state index contributed by atoms with van der Waals surface area (Å²) in [5, 5.41) is 6.39. The Bertz CT molecular complexity index is 771. The molecule has 1 aromatic heterocycles. The first-order chi connectivity index (χ1) is 9.29. The number of aryl methyl sites for hydroxylation is 1. The summed E-state index contributed by atoms with van der Waals surface area (Å²) in [6.07, 6.45) is 1.49. The highest BCUT2D eigenvalue weighted by molar-refractivity contribution is 8.13. The average Bonchev–Trinajstić information content (AvgIpc) is 2.73. The standard InChI is InChI=1S/C11H9Cl2N3O3S/c1-16-9(4-5-14-16)11(17)15-7-2-3-10(8(12)6-7)20(13,18)19/h2-6H,1H3,(H,15,17). The van der Waals surface area contributed by atoms with Crippen LogP contribution in [0.15, 0.2) is 35.4 Å². The lowest BCUT2D eigenvalue weighted by molar-refractivity contribution is 0.101. The van der Waals surface area contributed by atoms with Crippen LogP contribution < -0.4 is 5.32 Å². The summed E-state index contributed by atoms with van der Waals surface area (Å²) in [6.45, 7) is 0. The molecule has 1 amide bonds. The van der Waals surface area contributed by atoms with E-state index >= 15 is 0 Å². The lowest BCUT2D eigenvalue weighted by Crippen LogP contribution is -2.16. The molecule has 1 N–H and O–H groups in total. The molecule has 0 fully saturated rings. The van der Waals surface area contributed by atoms with Crippen molar-refractivity contribution in [2.75, 3.05) is 5.32 Å². The summed E-state index contributed by atoms with van der Waals surface area (Å²) in [5.41, 5.74) is 0.709. The Hall–Kier alpha value is -1.57. The SMILES string of the molecule is Cn1nccc1C(=O)Nc1ccc(S(=O)(=O)Cl)c(Cl)c1. The minimum absolute atomic E-state index is 0.0668. The van der Waals surface area contributed by atoms with E-state index in [0.29, 0.717) is 11.4 Å². The van der Waals surface area contributed by atoms with Crippen molar-refractivity contribution < 1.29 is 13.2 Å². The second-order valence-electron chi connectivity index (χ2n) is 3.88. The van der Waals surface area contributed by atoms with Gasteiger partial charge in [-0.3, -0.25) is 9.48 Å². The number of nitrogens with one attached hydrogen (secondary N) is 1. The number of carbonyl (C=O) groups excluding carboxylic acids is 1. The number of hydrogen-bond acceptors (Lipinski definition) is 4. The molecule has 1 aromatic carbocycles. The van der Waals surface area contributed by atoms with E-state index in [1.54, 1.807) is 13.1 Å². The highest BCUT2D eigenvalue weighted by Crippen LogP contribution is 2.27. The predicted octanol–water partition coefficient (Wildman–Crippen LogP) is 2.25. The van der Waals surface area contributed by atoms with Crippen molar-refractivity contribution in [3.8, 4) is 0 Å². The van der Waals surface area contributed by atoms with Crippen molar-refractivity contribution in [2.24, 2.45) is 7.05 Å². The van der Waals surface area contributed by atoms with E-state index in [4.69, 9.17) is 22.3 Å². The fourth-order valence-electron chi connectivity index (χ4n) is 1.57. The normalized spacial score (nSPS) is 11.3. The zero-order chi connectivity index (χ0) is 14.9. The molecule has 0 bridgehead atoms. The number of aromatic nitrogens is 2. The molecule has 9 heteroatoms. The van der Waals surface area contributed by atoms with Gasteiger partial charge in [0.2, 0.25) is 0 Å². The molecule has 0 aliphatic rings. The second kappa shape index (κ2) is 5.43. The molecule has 0 saturated heterocycles. The Morgan fingerprint density at radius 1 is 1.35 bits per heavy atom. The van der Waals surface area contributed by atoms with Crippen molar-refractivity contribution in [2.45, 2.75) is 4.90 Å². The fraction of sp³-hybridized carbons (Fsp3) is 0.0909. The van der Waals surface area contributed by atoms with Crippen LogP contribution in [0.2, 0.25) is 5.02 Å². The van der Waals surface area contributed by atoms with Crippen LogP contribution in [0.1, 0.15) is 10.5 Å². The van der Waals surface area contributed by atoms with Gasteiger partial charge in [0.05, 0.1) is 5.02 Å². The number of hydrogen-bond donors (Lipinski definition) is 1. The maximum Gasteiger partial charge on any atom is 0.273 e. The van der Waals surface area contributed by atoms with Gasteiger partial charge in [0.25, 0.3) is 15.0 Å². The molecule has 0 aliphatic carbocycles. The Labute approximate surface area is 124 Å². The van der Waals surface area contributed by atoms with E-state index in [1.807, 2.05) is 0 Å². The van der Waals surface area contributed by atoms with Crippen LogP contribution in [0.4, 0.5) is 5.69 Å². The first-order valence-corrected chi connectivity index (χ1v) is 8.01. The molecule has 0 radical (unpaired) electrons. The molecule has 20 heavy (non-hydrogen) atoms. The molecule has 0 saturated carbocycles. The Balaban J connectivity index is 2.26. The van der Waals surface area contributed by atoms with Crippen molar-refractivity contribution in [3.05, 3.63) is 41.2 Å². The fourth-order valence-corrected chi connectivity index (χ4v) is 3.10. The molecule has 0 atom stereocenters. The third-order valence-corrected chi connectivity index (χ3v) is 4.31. The molecule has 2 aromatic rings. The second-order valence-corrected chi connectivity index (χ2v) is 6.82. The van der Waals surface area contributed by atoms with Gasteiger partial charge in [0, 0.05) is 29.6 Å². The van der Waals surface area contributed by atoms with Gasteiger partial charge in [0.15, 0.2) is 0 Å². The Morgan fingerprint density at radius 2 is 2.05 bits per heavy atom. The maximum absolute atomic E-state index is 11.9. The lowest BCUT2D eigenvalue weighted by atomic mass is 10.3. The summed E-state index contributed by atoms with van der Waals surface area (Å²) in [6, 6.07) is 5.48. The molecule has 106 valence electrons. The highest BCUT2D eigenvalue weighted by atomic mass is 35.7. The number of rotatable bonds is 3. The molecular weight excluding hydrogens is 325 g/mol. The van der Waals surface area contributed by atoms with Gasteiger partial charge >= 0.3 is 0 Å². The monoisotopic (exact) mass is 333 g/mol. The minimum atomic E-state index is -3.92. The van der Waals surface area contributed by atoms with Gasteiger partial charge in [0.1, 0.15) is 10.6 Å². The van der Waals surface area contributed by atoms with Gasteiger partial charge in [-0.1, -0.05) is 11.6 Å². The smallest absolute Gasteiger partial charge is 0.273 e. The molecule has 2 rings (SSSR count). The maximum atomic E-state index is 11.9. The van der Waals surface area contributed by atoms with Crippen molar-refractivity contribution in [1.29, 1.82) is 0 Å². The summed E-state index contributed by atoms with van der Waals surface area (Å²) < 4.78 is 23.8. The number of carbonyl (C=O) groups is 1. The summed E-state index contributed by atoms with van der Waals surface area (Å²) in [5.74, 6) is -0.387. The molecular formula is C11H9Cl2N3O3S. The van der Waals surface area contributed by atoms with E-state index in [0.717, 1.165) is 0 Å². The summed E-state index contributed by atoms with van der Waals surface area (Å²) in [4.78, 5) is 11.7. The van der Waals surface area contributed by atoms with Crippen molar-refractivity contribution in [1.82, 2.24) is 9.78 Å². The minimum Gasteiger partial charge on any atom is -0.321 e. The molecule has 1 heterocycles. The molecule has 0 unspecified atom stereocenters. The third kappa shape index (κ3) is 3.12. The third-order valence-electron chi connectivity index (χ3n) is 2.51. The zero-order valence-corrected chi connectivity index (χ0v) is 12.5. The number of halogens is 2. The average molecular weight is 334 g/mol. The Kier molecular flexibility index (Phi) is 4.03. The zero-order valence-electron chi connectivity index (χ0n) is 10.2. The van der Waals surface area contributed by atoms with E-state index < -0.39 is 9.05 Å². The van der Waals surface area contributed by atoms with Gasteiger partial charge in [-0.25, -0.2) is 8.42 Å². The topological polar surface area (TPSA) is 81.1 Å². The van der Waals surface area contributed by atoms with E-state index in [2.05, 4.69) is 10.4 Å². The largest absolute Gasteiger partial charge is 0.321 e. The highest BCUT2D eigenvalue weighted by Gasteiger charge is 2.16. The number of benzene rings is 1. The van der Waals surface area contributed by atoms with Crippen LogP contribution in [0, 0.1) is 0 Å². The summed E-state index contributed by atoms with van der Waals surface area (Å²) >= 11 is 5.82. The van der Waals surface area contributed by atoms with Crippen LogP contribution >= 0.6 is 22.3 Å². The molecule has 0 spiro atoms. The van der Waals surface area contributed by atoms with Crippen LogP contribution in [0.3, 0.4) is 0 Å². The van der Waals surface area contributed by atoms with Gasteiger partial charge < -0.3 is 5.32 Å². The van der Waals surface area contributed by atoms with E-state index in [9.17, 15) is 13.2 Å². The summed E-state index contributed by atoms with van der Waals surface area (Å²) in [7, 11) is 2.93. The first kappa shape index (κ1) is 14.8. The van der Waals surface area contributed by atoms with Crippen molar-refractivity contribution >= 4 is 42.9 Å². The molecule has 0 aliphatic heterocycles. The van der Waals surface area contributed by atoms with Gasteiger partial charge in [-0.05, 0) is 24.3 Å². The first-order valence-electron chi connectivity index (χ1n) is 5.32. The van der Waals surface area contributed by atoms with Crippen LogP contribution in [0.5, 0.6) is 0 Å². The molecule has 6 nitrogen and oxygen atoms in total.